The van der Waals surface area contributed by atoms with E-state index in [0.29, 0.717) is 12.4 Å². The maximum atomic E-state index is 14.9. The molecular weight excluding hydrogens is 485 g/mol. The molecule has 0 saturated heterocycles. The molecule has 1 amide bonds. The predicted molar refractivity (Wildman–Crippen MR) is 141 cm³/mol. The van der Waals surface area contributed by atoms with E-state index in [4.69, 9.17) is 9.47 Å². The van der Waals surface area contributed by atoms with E-state index in [2.05, 4.69) is 5.32 Å². The number of carboxylic acids is 1. The van der Waals surface area contributed by atoms with E-state index in [9.17, 15) is 19.1 Å². The standard InChI is InChI=1S/C31H28FNO5/c32-28-17-22(37-18-20-8-2-1-3-9-20)15-14-21(28)16-29(30(34)35)33-31(36)38-19-27-25-12-6-4-10-23(25)24-11-5-7-13-26(24)27/h1-15,17,21,27-29H,16,18-19H2,(H,33,36)(H,34,35)/t21?,28?,29-/m0/s1. The summed E-state index contributed by atoms with van der Waals surface area (Å²) >= 11 is 0. The zero-order valence-electron chi connectivity index (χ0n) is 20.6. The normalized spacial score (nSPS) is 18.6. The summed E-state index contributed by atoms with van der Waals surface area (Å²) in [7, 11) is 0. The van der Waals surface area contributed by atoms with Crippen molar-refractivity contribution >= 4 is 12.1 Å². The molecule has 38 heavy (non-hydrogen) atoms. The Labute approximate surface area is 220 Å². The molecule has 6 nitrogen and oxygen atoms in total. The number of hydrogen-bond acceptors (Lipinski definition) is 4. The summed E-state index contributed by atoms with van der Waals surface area (Å²) < 4.78 is 26.0. The molecule has 0 bridgehead atoms. The number of allylic oxidation sites excluding steroid dienone is 3. The number of alkyl carbamates (subject to hydrolysis) is 1. The van der Waals surface area contributed by atoms with Crippen LogP contribution in [-0.2, 0) is 20.9 Å². The lowest BCUT2D eigenvalue weighted by Crippen LogP contribution is -2.43. The lowest BCUT2D eigenvalue weighted by atomic mass is 9.91. The summed E-state index contributed by atoms with van der Waals surface area (Å²) in [5, 5.41) is 12.1. The summed E-state index contributed by atoms with van der Waals surface area (Å²) in [6.45, 7) is 0.363. The highest BCUT2D eigenvalue weighted by atomic mass is 19.1. The average Bonchev–Trinajstić information content (AvgIpc) is 3.25. The number of halogens is 1. The first-order valence-electron chi connectivity index (χ1n) is 12.5. The minimum absolute atomic E-state index is 0.0616. The van der Waals surface area contributed by atoms with Crippen molar-refractivity contribution in [2.24, 2.45) is 5.92 Å². The molecule has 2 unspecified atom stereocenters. The number of nitrogens with one attached hydrogen (secondary N) is 1. The van der Waals surface area contributed by atoms with Gasteiger partial charge in [-0.15, -0.1) is 0 Å². The van der Waals surface area contributed by atoms with Crippen LogP contribution in [0, 0.1) is 5.92 Å². The highest BCUT2D eigenvalue weighted by Gasteiger charge is 2.32. The molecule has 0 aliphatic heterocycles. The highest BCUT2D eigenvalue weighted by Crippen LogP contribution is 2.44. The molecule has 0 spiro atoms. The Morgan fingerprint density at radius 3 is 2.18 bits per heavy atom. The summed E-state index contributed by atoms with van der Waals surface area (Å²) in [4.78, 5) is 24.5. The van der Waals surface area contributed by atoms with Gasteiger partial charge in [-0.1, -0.05) is 84.9 Å². The number of benzene rings is 3. The van der Waals surface area contributed by atoms with E-state index in [-0.39, 0.29) is 18.9 Å². The Bertz CT molecular complexity index is 1320. The second-order valence-electron chi connectivity index (χ2n) is 9.41. The fraction of sp³-hybridized carbons (Fsp3) is 0.226. The van der Waals surface area contributed by atoms with Crippen molar-refractivity contribution in [3.8, 4) is 11.1 Å². The molecule has 2 aliphatic rings. The Kier molecular flexibility index (Phi) is 7.54. The number of carbonyl (C=O) groups excluding carboxylic acids is 1. The first-order valence-corrected chi connectivity index (χ1v) is 12.5. The van der Waals surface area contributed by atoms with Crippen LogP contribution < -0.4 is 5.32 Å². The van der Waals surface area contributed by atoms with Crippen LogP contribution in [0.2, 0.25) is 0 Å². The second-order valence-corrected chi connectivity index (χ2v) is 9.41. The van der Waals surface area contributed by atoms with Gasteiger partial charge in [0.25, 0.3) is 0 Å². The van der Waals surface area contributed by atoms with E-state index >= 15 is 0 Å². The number of aliphatic carboxylic acids is 1. The molecule has 2 aliphatic carbocycles. The van der Waals surface area contributed by atoms with Crippen LogP contribution in [0.1, 0.15) is 29.0 Å². The SMILES string of the molecule is O=C(N[C@@H](CC1C=CC(OCc2ccccc2)=CC1F)C(=O)O)OCC1c2ccccc2-c2ccccc21. The third-order valence-electron chi connectivity index (χ3n) is 6.93. The van der Waals surface area contributed by atoms with Crippen molar-refractivity contribution in [3.05, 3.63) is 120 Å². The molecule has 5 rings (SSSR count). The second kappa shape index (κ2) is 11.3. The number of rotatable bonds is 9. The quantitative estimate of drug-likeness (QED) is 0.367. The Morgan fingerprint density at radius 2 is 1.55 bits per heavy atom. The summed E-state index contributed by atoms with van der Waals surface area (Å²) in [6.07, 6.45) is 2.13. The Morgan fingerprint density at radius 1 is 0.921 bits per heavy atom. The molecule has 2 N–H and O–H groups in total. The van der Waals surface area contributed by atoms with Gasteiger partial charge in [0.1, 0.15) is 31.2 Å². The van der Waals surface area contributed by atoms with Crippen LogP contribution in [0.3, 0.4) is 0 Å². The zero-order valence-corrected chi connectivity index (χ0v) is 20.6. The van der Waals surface area contributed by atoms with Gasteiger partial charge in [-0.25, -0.2) is 14.0 Å². The lowest BCUT2D eigenvalue weighted by molar-refractivity contribution is -0.139. The van der Waals surface area contributed by atoms with Gasteiger partial charge in [0.05, 0.1) is 0 Å². The Hall–Kier alpha value is -4.39. The number of amides is 1. The van der Waals surface area contributed by atoms with E-state index < -0.39 is 30.2 Å². The molecule has 7 heteroatoms. The first kappa shape index (κ1) is 25.3. The first-order chi connectivity index (χ1) is 18.5. The number of alkyl halides is 1. The fourth-order valence-corrected chi connectivity index (χ4v) is 4.98. The number of hydrogen-bond donors (Lipinski definition) is 2. The summed E-state index contributed by atoms with van der Waals surface area (Å²) in [5.74, 6) is -1.75. The lowest BCUT2D eigenvalue weighted by Gasteiger charge is -2.24. The molecule has 3 aromatic rings. The van der Waals surface area contributed by atoms with Crippen LogP contribution in [0.15, 0.2) is 103 Å². The smallest absolute Gasteiger partial charge is 0.407 e. The van der Waals surface area contributed by atoms with Gasteiger partial charge in [-0.2, -0.15) is 0 Å². The van der Waals surface area contributed by atoms with Gasteiger partial charge < -0.3 is 19.9 Å². The van der Waals surface area contributed by atoms with Gasteiger partial charge in [0, 0.05) is 11.8 Å². The zero-order chi connectivity index (χ0) is 26.5. The average molecular weight is 514 g/mol. The topological polar surface area (TPSA) is 84.9 Å². The van der Waals surface area contributed by atoms with Crippen LogP contribution in [-0.4, -0.2) is 36.0 Å². The number of fused-ring (bicyclic) bond motifs is 3. The maximum absolute atomic E-state index is 14.9. The Balaban J connectivity index is 1.16. The van der Waals surface area contributed by atoms with E-state index in [1.807, 2.05) is 78.9 Å². The number of carboxylic acid groups (broad SMARTS) is 1. The van der Waals surface area contributed by atoms with E-state index in [0.717, 1.165) is 27.8 Å². The molecule has 0 radical (unpaired) electrons. The van der Waals surface area contributed by atoms with Crippen molar-refractivity contribution in [2.75, 3.05) is 6.61 Å². The number of carbonyl (C=O) groups is 2. The largest absolute Gasteiger partial charge is 0.489 e. The molecule has 3 aromatic carbocycles. The van der Waals surface area contributed by atoms with E-state index in [1.165, 1.54) is 6.08 Å². The van der Waals surface area contributed by atoms with Gasteiger partial charge in [0.15, 0.2) is 0 Å². The van der Waals surface area contributed by atoms with Gasteiger partial charge in [-0.3, -0.25) is 0 Å². The van der Waals surface area contributed by atoms with Crippen molar-refractivity contribution in [1.82, 2.24) is 5.32 Å². The molecular formula is C31H28FNO5. The molecule has 0 aromatic heterocycles. The predicted octanol–water partition coefficient (Wildman–Crippen LogP) is 5.99. The van der Waals surface area contributed by atoms with Crippen LogP contribution in [0.4, 0.5) is 9.18 Å². The summed E-state index contributed by atoms with van der Waals surface area (Å²) in [5.41, 5.74) is 5.26. The van der Waals surface area contributed by atoms with Gasteiger partial charge >= 0.3 is 12.1 Å². The third-order valence-corrected chi connectivity index (χ3v) is 6.93. The fourth-order valence-electron chi connectivity index (χ4n) is 4.98. The van der Waals surface area contributed by atoms with Crippen LogP contribution >= 0.6 is 0 Å². The minimum atomic E-state index is -1.45. The van der Waals surface area contributed by atoms with Crippen molar-refractivity contribution in [2.45, 2.75) is 31.2 Å². The van der Waals surface area contributed by atoms with Crippen molar-refractivity contribution in [1.29, 1.82) is 0 Å². The third kappa shape index (κ3) is 5.62. The number of ether oxygens (including phenoxy) is 2. The van der Waals surface area contributed by atoms with Crippen LogP contribution in [0.5, 0.6) is 0 Å². The van der Waals surface area contributed by atoms with E-state index in [1.54, 1.807) is 12.2 Å². The molecule has 3 atom stereocenters. The molecule has 194 valence electrons. The monoisotopic (exact) mass is 513 g/mol. The minimum Gasteiger partial charge on any atom is -0.489 e. The van der Waals surface area contributed by atoms with Crippen molar-refractivity contribution < 1.29 is 28.6 Å². The highest BCUT2D eigenvalue weighted by molar-refractivity contribution is 5.81. The van der Waals surface area contributed by atoms with Crippen LogP contribution in [0.25, 0.3) is 11.1 Å². The van der Waals surface area contributed by atoms with Crippen molar-refractivity contribution in [3.63, 3.8) is 0 Å². The molecule has 0 heterocycles. The summed E-state index contributed by atoms with van der Waals surface area (Å²) in [6, 6.07) is 24.1. The van der Waals surface area contributed by atoms with Gasteiger partial charge in [0.2, 0.25) is 0 Å². The molecule has 0 fully saturated rings. The van der Waals surface area contributed by atoms with Gasteiger partial charge in [-0.05, 0) is 46.4 Å². The molecule has 0 saturated carbocycles. The maximum Gasteiger partial charge on any atom is 0.407 e.